The van der Waals surface area contributed by atoms with Gasteiger partial charge in [-0.1, -0.05) is 5.16 Å². The number of nitrogens with zero attached hydrogens (tertiary/aromatic N) is 4. The summed E-state index contributed by atoms with van der Waals surface area (Å²) in [6, 6.07) is -1.97. The summed E-state index contributed by atoms with van der Waals surface area (Å²) >= 11 is 0. The number of likely N-dealkylation sites (tertiary alicyclic amines) is 1. The highest BCUT2D eigenvalue weighted by molar-refractivity contribution is 5.79. The minimum absolute atomic E-state index is 0.00837. The van der Waals surface area contributed by atoms with Gasteiger partial charge >= 0.3 is 0 Å². The lowest BCUT2D eigenvalue weighted by Gasteiger charge is -2.31. The molecule has 1 aromatic carbocycles. The summed E-state index contributed by atoms with van der Waals surface area (Å²) in [5.41, 5.74) is -3.17. The zero-order chi connectivity index (χ0) is 31.2. The standard InChI is InChI=1S/C23H27FN4O2/c1-15-18(23(29)28-10-3-2-4-21(28)25-15)9-13-27-11-7-16(8-12-27)22-19-6-5-17(24)14-20(19)30-26-22/h5-6,14,16H,2-4,7-13H2,1H3/i1D3,4D2,5D,6D,9D2,13D2,14D. The van der Waals surface area contributed by atoms with Crippen LogP contribution >= 0.6 is 0 Å². The predicted molar refractivity (Wildman–Crippen MR) is 112 cm³/mol. The van der Waals surface area contributed by atoms with E-state index >= 15 is 0 Å². The highest BCUT2D eigenvalue weighted by Gasteiger charge is 2.25. The maximum absolute atomic E-state index is 14.1. The normalized spacial score (nSPS) is 27.0. The van der Waals surface area contributed by atoms with Crippen LogP contribution in [-0.4, -0.2) is 39.2 Å². The fourth-order valence-corrected chi connectivity index (χ4v) is 3.88. The molecule has 0 saturated carbocycles. The van der Waals surface area contributed by atoms with Gasteiger partial charge in [-0.3, -0.25) is 9.36 Å². The number of rotatable bonds is 4. The monoisotopic (exact) mass is 422 g/mol. The van der Waals surface area contributed by atoms with Crippen LogP contribution in [0.1, 0.15) is 70.8 Å². The summed E-state index contributed by atoms with van der Waals surface area (Å²) in [7, 11) is 0. The van der Waals surface area contributed by atoms with Gasteiger partial charge in [0.1, 0.15) is 11.6 Å². The first-order valence-electron chi connectivity index (χ1n) is 15.8. The largest absolute Gasteiger partial charge is 0.356 e. The van der Waals surface area contributed by atoms with Crippen LogP contribution in [0.4, 0.5) is 4.39 Å². The van der Waals surface area contributed by atoms with Crippen LogP contribution in [0, 0.1) is 12.7 Å². The average Bonchev–Trinajstić information content (AvgIpc) is 3.35. The molecule has 0 amide bonds. The van der Waals surface area contributed by atoms with E-state index in [9.17, 15) is 9.18 Å². The molecule has 4 heterocycles. The Balaban J connectivity index is 1.50. The van der Waals surface area contributed by atoms with Gasteiger partial charge in [-0.25, -0.2) is 9.37 Å². The maximum atomic E-state index is 14.1. The van der Waals surface area contributed by atoms with Crippen molar-refractivity contribution in [1.82, 2.24) is 19.6 Å². The van der Waals surface area contributed by atoms with Crippen molar-refractivity contribution in [1.29, 1.82) is 0 Å². The molecule has 0 aliphatic carbocycles. The van der Waals surface area contributed by atoms with Gasteiger partial charge in [-0.05, 0) is 64.1 Å². The zero-order valence-corrected chi connectivity index (χ0v) is 16.0. The Bertz CT molecular complexity index is 1630. The molecule has 0 bridgehead atoms. The van der Waals surface area contributed by atoms with E-state index in [-0.39, 0.29) is 62.0 Å². The zero-order valence-electron chi connectivity index (χ0n) is 28.0. The van der Waals surface area contributed by atoms with Crippen LogP contribution in [0.3, 0.4) is 0 Å². The highest BCUT2D eigenvalue weighted by Crippen LogP contribution is 2.32. The molecule has 2 aromatic heterocycles. The molecule has 30 heavy (non-hydrogen) atoms. The highest BCUT2D eigenvalue weighted by atomic mass is 19.1. The summed E-state index contributed by atoms with van der Waals surface area (Å²) < 4.78 is 119. The van der Waals surface area contributed by atoms with Crippen molar-refractivity contribution in [2.24, 2.45) is 0 Å². The van der Waals surface area contributed by atoms with E-state index in [4.69, 9.17) is 21.0 Å². The Morgan fingerprint density at radius 1 is 1.37 bits per heavy atom. The topological polar surface area (TPSA) is 64.2 Å². The van der Waals surface area contributed by atoms with Gasteiger partial charge in [0.2, 0.25) is 0 Å². The van der Waals surface area contributed by atoms with E-state index < -0.39 is 78.6 Å². The van der Waals surface area contributed by atoms with Crippen LogP contribution in [0.5, 0.6) is 0 Å². The number of benzene rings is 1. The van der Waals surface area contributed by atoms with E-state index in [0.717, 1.165) is 9.47 Å². The van der Waals surface area contributed by atoms with Crippen LogP contribution < -0.4 is 5.56 Å². The predicted octanol–water partition coefficient (Wildman–Crippen LogP) is 3.59. The van der Waals surface area contributed by atoms with E-state index in [1.54, 1.807) is 0 Å². The molecule has 0 N–H and O–H groups in total. The molecule has 158 valence electrons. The molecular weight excluding hydrogens is 383 g/mol. The number of halogens is 1. The van der Waals surface area contributed by atoms with Crippen molar-refractivity contribution in [2.75, 3.05) is 19.6 Å². The summed E-state index contributed by atoms with van der Waals surface area (Å²) in [6.45, 7) is -6.25. The molecule has 5 rings (SSSR count). The smallest absolute Gasteiger partial charge is 0.256 e. The second-order valence-electron chi connectivity index (χ2n) is 7.36. The Hall–Kier alpha value is -2.54. The SMILES string of the molecule is [2H]c1c(F)c([2H])c2onc(C3CCN(C([2H])([2H])C([2H])([2H])c4c(C([2H])([2H])[2H])nc5n(c4=O)CCCC5([2H])[2H])CC3)c2c1[2H]. The molecule has 1 saturated heterocycles. The quantitative estimate of drug-likeness (QED) is 0.643. The number of hydrogen-bond acceptors (Lipinski definition) is 5. The Kier molecular flexibility index (Phi) is 2.70. The first kappa shape index (κ1) is 10.2. The van der Waals surface area contributed by atoms with E-state index in [1.807, 2.05) is 0 Å². The van der Waals surface area contributed by atoms with Crippen LogP contribution in [-0.2, 0) is 19.3 Å². The molecular formula is C23H27FN4O2. The van der Waals surface area contributed by atoms with Gasteiger partial charge in [0.15, 0.2) is 5.58 Å². The van der Waals surface area contributed by atoms with Gasteiger partial charge in [0.05, 0.1) is 9.81 Å². The second kappa shape index (κ2) is 7.95. The van der Waals surface area contributed by atoms with Gasteiger partial charge in [0.25, 0.3) is 5.56 Å². The van der Waals surface area contributed by atoms with Gasteiger partial charge in [0, 0.05) is 60.4 Å². The van der Waals surface area contributed by atoms with E-state index in [2.05, 4.69) is 10.1 Å². The molecule has 0 unspecified atom stereocenters. The summed E-state index contributed by atoms with van der Waals surface area (Å²) in [6.07, 6.45) is -4.78. The van der Waals surface area contributed by atoms with Crippen molar-refractivity contribution in [2.45, 2.75) is 57.7 Å². The lowest BCUT2D eigenvalue weighted by molar-refractivity contribution is 0.211. The fraction of sp³-hybridized carbons (Fsp3) is 0.522. The fourth-order valence-electron chi connectivity index (χ4n) is 3.88. The molecule has 2 aliphatic heterocycles. The van der Waals surface area contributed by atoms with E-state index in [1.165, 1.54) is 0 Å². The van der Waals surface area contributed by atoms with Crippen molar-refractivity contribution in [3.63, 3.8) is 0 Å². The summed E-state index contributed by atoms with van der Waals surface area (Å²) in [4.78, 5) is 18.6. The van der Waals surface area contributed by atoms with Gasteiger partial charge in [-0.2, -0.15) is 0 Å². The minimum Gasteiger partial charge on any atom is -0.356 e. The molecule has 7 heteroatoms. The third-order valence-electron chi connectivity index (χ3n) is 5.47. The van der Waals surface area contributed by atoms with Crippen molar-refractivity contribution < 1.29 is 25.4 Å². The first-order chi connectivity index (χ1) is 19.3. The number of aryl methyl sites for hydroxylation is 2. The van der Waals surface area contributed by atoms with E-state index in [0.29, 0.717) is 0 Å². The van der Waals surface area contributed by atoms with Crippen molar-refractivity contribution in [3.05, 3.63) is 57.1 Å². The van der Waals surface area contributed by atoms with Gasteiger partial charge < -0.3 is 9.42 Å². The number of hydrogen-bond donors (Lipinski definition) is 0. The lowest BCUT2D eigenvalue weighted by Crippen LogP contribution is -2.37. The molecule has 0 spiro atoms. The average molecular weight is 423 g/mol. The Morgan fingerprint density at radius 3 is 3.07 bits per heavy atom. The lowest BCUT2D eigenvalue weighted by atomic mass is 9.91. The minimum atomic E-state index is -3.19. The molecule has 0 atom stereocenters. The summed E-state index contributed by atoms with van der Waals surface area (Å²) in [5.74, 6) is -2.10. The van der Waals surface area contributed by atoms with Crippen molar-refractivity contribution >= 4 is 11.0 Å². The van der Waals surface area contributed by atoms with Crippen LogP contribution in [0.15, 0.2) is 27.4 Å². The first-order valence-corrected chi connectivity index (χ1v) is 9.78. The third-order valence-corrected chi connectivity index (χ3v) is 5.47. The Morgan fingerprint density at radius 2 is 2.23 bits per heavy atom. The number of aromatic nitrogens is 3. The second-order valence-corrected chi connectivity index (χ2v) is 7.36. The molecule has 2 aliphatic rings. The van der Waals surface area contributed by atoms with Crippen molar-refractivity contribution in [3.8, 4) is 0 Å². The maximum Gasteiger partial charge on any atom is 0.256 e. The molecule has 1 fully saturated rings. The molecule has 3 aromatic rings. The third kappa shape index (κ3) is 3.55. The van der Waals surface area contributed by atoms with Crippen LogP contribution in [0.2, 0.25) is 0 Å². The summed E-state index contributed by atoms with van der Waals surface area (Å²) in [5, 5.41) is 3.92. The molecule has 0 radical (unpaired) electrons. The Labute approximate surface area is 191 Å². The molecule has 6 nitrogen and oxygen atoms in total. The van der Waals surface area contributed by atoms with Gasteiger partial charge in [-0.15, -0.1) is 0 Å². The number of fused-ring (bicyclic) bond motifs is 2. The van der Waals surface area contributed by atoms with Crippen LogP contribution in [0.25, 0.3) is 11.0 Å². The number of piperidine rings is 1.